The summed E-state index contributed by atoms with van der Waals surface area (Å²) in [6.45, 7) is 4.40. The molecule has 1 rings (SSSR count). The molecule has 0 aromatic carbocycles. The first kappa shape index (κ1) is 12.2. The van der Waals surface area contributed by atoms with Crippen molar-refractivity contribution in [2.75, 3.05) is 11.5 Å². The van der Waals surface area contributed by atoms with E-state index in [4.69, 9.17) is 4.18 Å². The molecule has 0 radical (unpaired) electrons. The molecule has 0 saturated carbocycles. The molecule has 1 aliphatic rings. The van der Waals surface area contributed by atoms with Gasteiger partial charge in [0.2, 0.25) is 0 Å². The van der Waals surface area contributed by atoms with Gasteiger partial charge in [-0.1, -0.05) is 6.92 Å². The van der Waals surface area contributed by atoms with Crippen molar-refractivity contribution in [2.24, 2.45) is 11.8 Å². The third kappa shape index (κ3) is 3.30. The molecule has 0 aliphatic carbocycles. The van der Waals surface area contributed by atoms with E-state index >= 15 is 0 Å². The van der Waals surface area contributed by atoms with Crippen molar-refractivity contribution in [2.45, 2.75) is 20.0 Å². The van der Waals surface area contributed by atoms with Gasteiger partial charge in [0, 0.05) is 5.75 Å². The van der Waals surface area contributed by atoms with Gasteiger partial charge in [-0.05, 0) is 36.6 Å². The highest BCUT2D eigenvalue weighted by molar-refractivity contribution is 7.94. The van der Waals surface area contributed by atoms with Crippen LogP contribution < -0.4 is 0 Å². The van der Waals surface area contributed by atoms with Crippen molar-refractivity contribution in [3.8, 4) is 12.8 Å². The normalized spacial score (nSPS) is 34.9. The van der Waals surface area contributed by atoms with Crippen LogP contribution >= 0.6 is 24.7 Å². The summed E-state index contributed by atoms with van der Waals surface area (Å²) in [5, 5.41) is 0. The Kier molecular flexibility index (Phi) is 6.83. The Bertz CT molecular complexity index is 126. The van der Waals surface area contributed by atoms with Crippen molar-refractivity contribution in [1.82, 2.24) is 0 Å². The van der Waals surface area contributed by atoms with Gasteiger partial charge in [0.05, 0.1) is 6.10 Å². The molecule has 0 spiro atoms. The lowest BCUT2D eigenvalue weighted by Gasteiger charge is -2.32. The van der Waals surface area contributed by atoms with E-state index in [0.29, 0.717) is 12.0 Å². The summed E-state index contributed by atoms with van der Waals surface area (Å²) in [6, 6.07) is 0. The minimum absolute atomic E-state index is 0.381. The van der Waals surface area contributed by atoms with Gasteiger partial charge in [-0.3, -0.25) is 0 Å². The monoisotopic (exact) mass is 204 g/mol. The Balaban J connectivity index is 0.000000561. The van der Waals surface area contributed by atoms with Crippen LogP contribution in [0.4, 0.5) is 0 Å². The summed E-state index contributed by atoms with van der Waals surface area (Å²) in [5.74, 6) is 3.47. The van der Waals surface area contributed by atoms with Gasteiger partial charge in [0.15, 0.2) is 0 Å². The molecule has 3 atom stereocenters. The largest absolute Gasteiger partial charge is 0.312 e. The van der Waals surface area contributed by atoms with Gasteiger partial charge in [0.25, 0.3) is 0 Å². The van der Waals surface area contributed by atoms with Crippen LogP contribution in [0, 0.1) is 24.7 Å². The maximum absolute atomic E-state index is 5.42. The van der Waals surface area contributed by atoms with E-state index in [0.717, 1.165) is 17.4 Å². The van der Waals surface area contributed by atoms with E-state index in [1.807, 2.05) is 0 Å². The zero-order valence-corrected chi connectivity index (χ0v) is 9.28. The molecule has 3 heteroatoms. The fourth-order valence-corrected chi connectivity index (χ4v) is 2.79. The zero-order valence-electron chi connectivity index (χ0n) is 7.56. The molecule has 1 saturated heterocycles. The molecule has 0 bridgehead atoms. The third-order valence-electron chi connectivity index (χ3n) is 2.10. The second kappa shape index (κ2) is 6.71. The van der Waals surface area contributed by atoms with Crippen molar-refractivity contribution in [3.63, 3.8) is 0 Å². The van der Waals surface area contributed by atoms with Crippen LogP contribution in [0.25, 0.3) is 0 Å². The molecule has 0 aromatic heterocycles. The molecule has 1 aliphatic heterocycles. The minimum Gasteiger partial charge on any atom is -0.312 e. The second-order valence-corrected chi connectivity index (χ2v) is 4.04. The number of hydrogen-bond donors (Lipinski definition) is 1. The molecule has 0 amide bonds. The van der Waals surface area contributed by atoms with Gasteiger partial charge in [-0.2, -0.15) is 12.6 Å². The topological polar surface area (TPSA) is 9.23 Å². The summed E-state index contributed by atoms with van der Waals surface area (Å²) in [4.78, 5) is 0. The maximum atomic E-state index is 5.42. The van der Waals surface area contributed by atoms with Crippen molar-refractivity contribution < 1.29 is 4.18 Å². The molecule has 1 fully saturated rings. The summed E-state index contributed by atoms with van der Waals surface area (Å²) in [6.07, 6.45) is 8.38. The summed E-state index contributed by atoms with van der Waals surface area (Å²) in [7, 11) is 0. The van der Waals surface area contributed by atoms with Gasteiger partial charge in [-0.15, -0.1) is 12.8 Å². The van der Waals surface area contributed by atoms with Crippen LogP contribution in [0.15, 0.2) is 0 Å². The highest BCUT2D eigenvalue weighted by Crippen LogP contribution is 2.31. The first-order valence-corrected chi connectivity index (χ1v) is 5.52. The molecule has 0 aromatic rings. The minimum atomic E-state index is 0.381. The fraction of sp³-hybridized carbons (Fsp3) is 0.778. The van der Waals surface area contributed by atoms with Crippen molar-refractivity contribution >= 4 is 24.7 Å². The fourth-order valence-electron chi connectivity index (χ4n) is 1.24. The summed E-state index contributed by atoms with van der Waals surface area (Å²) < 4.78 is 5.42. The van der Waals surface area contributed by atoms with Crippen LogP contribution in [0.3, 0.4) is 0 Å². The van der Waals surface area contributed by atoms with Gasteiger partial charge >= 0.3 is 0 Å². The number of hydrogen-bond acceptors (Lipinski definition) is 3. The molecular formula is C9H16OS2. The lowest BCUT2D eigenvalue weighted by molar-refractivity contribution is 0.144. The zero-order chi connectivity index (χ0) is 9.56. The van der Waals surface area contributed by atoms with Crippen molar-refractivity contribution in [3.05, 3.63) is 0 Å². The predicted molar refractivity (Wildman–Crippen MR) is 59.4 cm³/mol. The quantitative estimate of drug-likeness (QED) is 0.399. The average Bonchev–Trinajstić information content (AvgIpc) is 2.08. The number of rotatable bonds is 1. The first-order valence-electron chi connectivity index (χ1n) is 3.98. The predicted octanol–water partition coefficient (Wildman–Crippen LogP) is 2.48. The average molecular weight is 204 g/mol. The van der Waals surface area contributed by atoms with Gasteiger partial charge < -0.3 is 4.18 Å². The first-order chi connectivity index (χ1) is 5.75. The Morgan fingerprint density at radius 2 is 2.08 bits per heavy atom. The van der Waals surface area contributed by atoms with Crippen LogP contribution in [0.1, 0.15) is 13.8 Å². The van der Waals surface area contributed by atoms with Gasteiger partial charge in [-0.25, -0.2) is 0 Å². The van der Waals surface area contributed by atoms with E-state index in [1.165, 1.54) is 0 Å². The molecule has 70 valence electrons. The highest BCUT2D eigenvalue weighted by atomic mass is 32.2. The highest BCUT2D eigenvalue weighted by Gasteiger charge is 2.27. The molecule has 12 heavy (non-hydrogen) atoms. The molecule has 1 nitrogen and oxygen atoms in total. The summed E-state index contributed by atoms with van der Waals surface area (Å²) >= 11 is 5.89. The lowest BCUT2D eigenvalue weighted by Crippen LogP contribution is -2.32. The lowest BCUT2D eigenvalue weighted by atomic mass is 9.93. The summed E-state index contributed by atoms with van der Waals surface area (Å²) in [5.41, 5.74) is 0. The van der Waals surface area contributed by atoms with Crippen LogP contribution in [-0.4, -0.2) is 17.6 Å². The Morgan fingerprint density at radius 1 is 1.50 bits per heavy atom. The van der Waals surface area contributed by atoms with Crippen LogP contribution in [0.2, 0.25) is 0 Å². The van der Waals surface area contributed by atoms with Crippen LogP contribution in [-0.2, 0) is 4.18 Å². The standard InChI is InChI=1S/C7H14OS2.C2H2/c1-5-4-10-8-6(2)7(5)3-9;1-2/h5-7,9H,3-4H2,1-2H3;1-2H/t5?,6-,7?;/m0./s1. The molecule has 1 heterocycles. The number of thiol groups is 1. The molecular weight excluding hydrogens is 188 g/mol. The second-order valence-electron chi connectivity index (χ2n) is 2.91. The van der Waals surface area contributed by atoms with E-state index in [9.17, 15) is 0 Å². The third-order valence-corrected chi connectivity index (χ3v) is 3.62. The van der Waals surface area contributed by atoms with E-state index < -0.39 is 0 Å². The molecule has 0 N–H and O–H groups in total. The molecule has 2 unspecified atom stereocenters. The maximum Gasteiger partial charge on any atom is 0.0733 e. The SMILES string of the molecule is C#C.CC1CSO[C@@H](C)C1CS. The Labute approximate surface area is 85.3 Å². The number of terminal acetylenes is 1. The van der Waals surface area contributed by atoms with Crippen molar-refractivity contribution in [1.29, 1.82) is 0 Å². The Morgan fingerprint density at radius 3 is 2.42 bits per heavy atom. The smallest absolute Gasteiger partial charge is 0.0733 e. The van der Waals surface area contributed by atoms with E-state index in [-0.39, 0.29) is 0 Å². The van der Waals surface area contributed by atoms with E-state index in [2.05, 4.69) is 39.3 Å². The Hall–Kier alpha value is 0.220. The van der Waals surface area contributed by atoms with Crippen LogP contribution in [0.5, 0.6) is 0 Å². The van der Waals surface area contributed by atoms with Gasteiger partial charge in [0.1, 0.15) is 0 Å². The van der Waals surface area contributed by atoms with E-state index in [1.54, 1.807) is 12.0 Å².